The van der Waals surface area contributed by atoms with E-state index in [1.807, 2.05) is 19.1 Å². The maximum Gasteiger partial charge on any atom is 0.264 e. The quantitative estimate of drug-likeness (QED) is 0.487. The van der Waals surface area contributed by atoms with Gasteiger partial charge in [-0.2, -0.15) is 9.78 Å². The first-order chi connectivity index (χ1) is 15.4. The van der Waals surface area contributed by atoms with Crippen LogP contribution in [0.4, 0.5) is 11.5 Å². The van der Waals surface area contributed by atoms with E-state index in [4.69, 9.17) is 0 Å². The van der Waals surface area contributed by atoms with E-state index in [0.717, 1.165) is 5.69 Å². The molecule has 1 amide bonds. The van der Waals surface area contributed by atoms with Gasteiger partial charge in [-0.25, -0.2) is 13.4 Å². The lowest BCUT2D eigenvalue weighted by molar-refractivity contribution is 0.102. The Morgan fingerprint density at radius 1 is 0.969 bits per heavy atom. The minimum absolute atomic E-state index is 0.0924. The summed E-state index contributed by atoms with van der Waals surface area (Å²) in [7, 11) is -2.26. The molecule has 2 aromatic carbocycles. The van der Waals surface area contributed by atoms with Gasteiger partial charge in [0.05, 0.1) is 16.3 Å². The molecule has 9 heteroatoms. The third kappa shape index (κ3) is 4.23. The molecule has 162 valence electrons. The summed E-state index contributed by atoms with van der Waals surface area (Å²) in [6.45, 7) is 1.82. The fourth-order valence-electron chi connectivity index (χ4n) is 3.14. The largest absolute Gasteiger partial charge is 0.306 e. The van der Waals surface area contributed by atoms with E-state index in [1.54, 1.807) is 53.3 Å². The highest BCUT2D eigenvalue weighted by atomic mass is 32.2. The molecule has 0 radical (unpaired) electrons. The molecule has 0 spiro atoms. The van der Waals surface area contributed by atoms with Gasteiger partial charge in [-0.15, -0.1) is 0 Å². The molecule has 0 aliphatic carbocycles. The SMILES string of the molecule is Cc1cc(NC(=O)c2ccc(S(=O)(=O)N(C)c3ccccc3)cc2)n(-c2ccccn2)n1. The fraction of sp³-hybridized carbons (Fsp3) is 0.0870. The van der Waals surface area contributed by atoms with E-state index < -0.39 is 10.0 Å². The number of nitrogens with zero attached hydrogens (tertiary/aromatic N) is 4. The Morgan fingerprint density at radius 2 is 1.66 bits per heavy atom. The number of sulfonamides is 1. The van der Waals surface area contributed by atoms with Crippen molar-refractivity contribution in [1.82, 2.24) is 14.8 Å². The number of amides is 1. The number of carbonyl (C=O) groups is 1. The second-order valence-electron chi connectivity index (χ2n) is 7.06. The second kappa shape index (κ2) is 8.64. The average molecular weight is 448 g/mol. The molecule has 0 saturated carbocycles. The zero-order chi connectivity index (χ0) is 22.7. The Morgan fingerprint density at radius 3 is 2.31 bits per heavy atom. The summed E-state index contributed by atoms with van der Waals surface area (Å²) >= 11 is 0. The highest BCUT2D eigenvalue weighted by Crippen LogP contribution is 2.22. The van der Waals surface area contributed by atoms with E-state index in [1.165, 1.54) is 35.6 Å². The van der Waals surface area contributed by atoms with Gasteiger partial charge in [0, 0.05) is 24.9 Å². The van der Waals surface area contributed by atoms with Crippen molar-refractivity contribution in [3.05, 3.63) is 96.3 Å². The summed E-state index contributed by atoms with van der Waals surface area (Å²) in [5, 5.41) is 7.19. The van der Waals surface area contributed by atoms with Gasteiger partial charge < -0.3 is 5.32 Å². The lowest BCUT2D eigenvalue weighted by Crippen LogP contribution is -2.26. The topological polar surface area (TPSA) is 97.2 Å². The van der Waals surface area contributed by atoms with Crippen LogP contribution in [0.25, 0.3) is 5.82 Å². The zero-order valence-electron chi connectivity index (χ0n) is 17.5. The molecule has 4 aromatic rings. The van der Waals surface area contributed by atoms with Crippen LogP contribution in [0, 0.1) is 6.92 Å². The first kappa shape index (κ1) is 21.3. The fourth-order valence-corrected chi connectivity index (χ4v) is 4.34. The van der Waals surface area contributed by atoms with Crippen LogP contribution < -0.4 is 9.62 Å². The number of benzene rings is 2. The number of aromatic nitrogens is 3. The average Bonchev–Trinajstić information content (AvgIpc) is 3.19. The second-order valence-corrected chi connectivity index (χ2v) is 9.03. The van der Waals surface area contributed by atoms with Crippen molar-refractivity contribution >= 4 is 27.4 Å². The lowest BCUT2D eigenvalue weighted by Gasteiger charge is -2.19. The number of nitrogens with one attached hydrogen (secondary N) is 1. The Kier molecular flexibility index (Phi) is 5.74. The summed E-state index contributed by atoms with van der Waals surface area (Å²) in [6, 6.07) is 21.7. The number of hydrogen-bond acceptors (Lipinski definition) is 5. The van der Waals surface area contributed by atoms with Gasteiger partial charge in [0.2, 0.25) is 0 Å². The van der Waals surface area contributed by atoms with Crippen LogP contribution in [0.15, 0.2) is 90.0 Å². The molecule has 1 N–H and O–H groups in total. The molecule has 0 saturated heterocycles. The Hall–Kier alpha value is -3.98. The number of carbonyl (C=O) groups excluding carboxylic acids is 1. The Labute approximate surface area is 186 Å². The summed E-state index contributed by atoms with van der Waals surface area (Å²) in [4.78, 5) is 17.1. The van der Waals surface area contributed by atoms with Crippen LogP contribution in [0.1, 0.15) is 16.1 Å². The van der Waals surface area contributed by atoms with E-state index in [2.05, 4.69) is 15.4 Å². The highest BCUT2D eigenvalue weighted by Gasteiger charge is 2.22. The van der Waals surface area contributed by atoms with Crippen molar-refractivity contribution in [2.45, 2.75) is 11.8 Å². The van der Waals surface area contributed by atoms with Crippen molar-refractivity contribution in [3.63, 3.8) is 0 Å². The van der Waals surface area contributed by atoms with E-state index in [9.17, 15) is 13.2 Å². The normalized spacial score (nSPS) is 11.2. The van der Waals surface area contributed by atoms with Crippen molar-refractivity contribution in [2.24, 2.45) is 0 Å². The molecular formula is C23H21N5O3S. The summed E-state index contributed by atoms with van der Waals surface area (Å²) in [5.74, 6) is 0.649. The predicted molar refractivity (Wildman–Crippen MR) is 123 cm³/mol. The van der Waals surface area contributed by atoms with Crippen molar-refractivity contribution in [2.75, 3.05) is 16.7 Å². The van der Waals surface area contributed by atoms with Crippen LogP contribution in [-0.4, -0.2) is 36.1 Å². The molecule has 0 aliphatic heterocycles. The summed E-state index contributed by atoms with van der Waals surface area (Å²) < 4.78 is 28.6. The minimum atomic E-state index is -3.75. The number of anilines is 2. The monoisotopic (exact) mass is 447 g/mol. The van der Waals surface area contributed by atoms with E-state index in [0.29, 0.717) is 22.9 Å². The van der Waals surface area contributed by atoms with Crippen molar-refractivity contribution in [1.29, 1.82) is 0 Å². The van der Waals surface area contributed by atoms with Crippen LogP contribution in [0.3, 0.4) is 0 Å². The van der Waals surface area contributed by atoms with E-state index in [-0.39, 0.29) is 10.8 Å². The van der Waals surface area contributed by atoms with Gasteiger partial charge >= 0.3 is 0 Å². The highest BCUT2D eigenvalue weighted by molar-refractivity contribution is 7.92. The smallest absolute Gasteiger partial charge is 0.264 e. The lowest BCUT2D eigenvalue weighted by atomic mass is 10.2. The first-order valence-corrected chi connectivity index (χ1v) is 11.2. The molecule has 0 unspecified atom stereocenters. The molecule has 32 heavy (non-hydrogen) atoms. The molecule has 0 atom stereocenters. The molecule has 0 fully saturated rings. The Bertz CT molecular complexity index is 1340. The maximum absolute atomic E-state index is 12.9. The van der Waals surface area contributed by atoms with Crippen LogP contribution in [-0.2, 0) is 10.0 Å². The van der Waals surface area contributed by atoms with Gasteiger partial charge in [0.15, 0.2) is 5.82 Å². The zero-order valence-corrected chi connectivity index (χ0v) is 18.3. The third-order valence-corrected chi connectivity index (χ3v) is 6.63. The first-order valence-electron chi connectivity index (χ1n) is 9.80. The predicted octanol–water partition coefficient (Wildman–Crippen LogP) is 3.65. The molecule has 0 aliphatic rings. The molecule has 2 aromatic heterocycles. The third-order valence-electron chi connectivity index (χ3n) is 4.83. The van der Waals surface area contributed by atoms with Gasteiger partial charge in [0.1, 0.15) is 5.82 Å². The molecule has 2 heterocycles. The number of aryl methyl sites for hydroxylation is 1. The van der Waals surface area contributed by atoms with Crippen LogP contribution in [0.5, 0.6) is 0 Å². The number of hydrogen-bond donors (Lipinski definition) is 1. The van der Waals surface area contributed by atoms with Gasteiger partial charge in [0.25, 0.3) is 15.9 Å². The van der Waals surface area contributed by atoms with Crippen molar-refractivity contribution < 1.29 is 13.2 Å². The van der Waals surface area contributed by atoms with Gasteiger partial charge in [-0.05, 0) is 55.5 Å². The molecule has 0 bridgehead atoms. The number of para-hydroxylation sites is 1. The molecular weight excluding hydrogens is 426 g/mol. The Balaban J connectivity index is 1.55. The summed E-state index contributed by atoms with van der Waals surface area (Å²) in [5.41, 5.74) is 1.58. The number of pyridine rings is 1. The molecule has 8 nitrogen and oxygen atoms in total. The van der Waals surface area contributed by atoms with Crippen LogP contribution in [0.2, 0.25) is 0 Å². The summed E-state index contributed by atoms with van der Waals surface area (Å²) in [6.07, 6.45) is 1.64. The number of rotatable bonds is 6. The van der Waals surface area contributed by atoms with Crippen LogP contribution >= 0.6 is 0 Å². The van der Waals surface area contributed by atoms with Gasteiger partial charge in [-0.3, -0.25) is 9.10 Å². The molecule has 4 rings (SSSR count). The standard InChI is InChI=1S/C23H21N5O3S/c1-17-16-22(28(26-17)21-10-6-7-15-24-21)25-23(29)18-11-13-20(14-12-18)32(30,31)27(2)19-8-4-3-5-9-19/h3-16H,1-2H3,(H,25,29). The van der Waals surface area contributed by atoms with E-state index >= 15 is 0 Å². The maximum atomic E-state index is 12.9. The van der Waals surface area contributed by atoms with Crippen molar-refractivity contribution in [3.8, 4) is 5.82 Å². The minimum Gasteiger partial charge on any atom is -0.306 e. The van der Waals surface area contributed by atoms with Gasteiger partial charge in [-0.1, -0.05) is 24.3 Å².